The van der Waals surface area contributed by atoms with Crippen LogP contribution in [0, 0.1) is 6.92 Å². The Balaban J connectivity index is 1.73. The zero-order chi connectivity index (χ0) is 16.4. The van der Waals surface area contributed by atoms with E-state index in [-0.39, 0.29) is 11.9 Å². The van der Waals surface area contributed by atoms with Crippen molar-refractivity contribution in [3.63, 3.8) is 0 Å². The van der Waals surface area contributed by atoms with Crippen LogP contribution in [-0.4, -0.2) is 54.0 Å². The van der Waals surface area contributed by atoms with Crippen molar-refractivity contribution in [3.8, 4) is 0 Å². The summed E-state index contributed by atoms with van der Waals surface area (Å²) in [6, 6.07) is 1.79. The second-order valence-corrected chi connectivity index (χ2v) is 6.42. The molecule has 0 aromatic carbocycles. The lowest BCUT2D eigenvalue weighted by atomic mass is 10.0. The zero-order valence-electron chi connectivity index (χ0n) is 14.0. The number of anilines is 1. The van der Waals surface area contributed by atoms with Crippen molar-refractivity contribution in [2.24, 2.45) is 0 Å². The summed E-state index contributed by atoms with van der Waals surface area (Å²) in [7, 11) is 0. The number of carbonyl (C=O) groups excluding carboxylic acids is 1. The minimum atomic E-state index is -0.418. The Bertz CT molecular complexity index is 575. The predicted octanol–water partition coefficient (Wildman–Crippen LogP) is 1.27. The summed E-state index contributed by atoms with van der Waals surface area (Å²) in [4.78, 5) is 23.2. The van der Waals surface area contributed by atoms with Crippen LogP contribution < -0.4 is 10.2 Å². The van der Waals surface area contributed by atoms with Gasteiger partial charge in [0.15, 0.2) is 5.79 Å². The number of carbonyl (C=O) groups is 1. The molecule has 7 heteroatoms. The summed E-state index contributed by atoms with van der Waals surface area (Å²) < 4.78 is 11.5. The first kappa shape index (κ1) is 16.1. The number of aryl methyl sites for hydroxylation is 1. The largest absolute Gasteiger partial charge is 0.349 e. The number of nitrogens with zero attached hydrogens (tertiary/aromatic N) is 3. The molecule has 0 radical (unpaired) electrons. The number of piperidine rings is 1. The highest BCUT2D eigenvalue weighted by Gasteiger charge is 2.40. The SMILES string of the molecule is Cc1cc(C(=O)NC(C)C)nc(N2CCC3(CC2)OCCO3)n1. The normalized spacial score (nSPS) is 20.3. The number of hydrogen-bond acceptors (Lipinski definition) is 6. The van der Waals surface area contributed by atoms with Crippen molar-refractivity contribution in [1.82, 2.24) is 15.3 Å². The maximum absolute atomic E-state index is 12.2. The number of amides is 1. The lowest BCUT2D eigenvalue weighted by Gasteiger charge is -2.37. The van der Waals surface area contributed by atoms with E-state index in [1.54, 1.807) is 6.07 Å². The highest BCUT2D eigenvalue weighted by Crippen LogP contribution is 2.32. The molecule has 2 aliphatic heterocycles. The van der Waals surface area contributed by atoms with Gasteiger partial charge >= 0.3 is 0 Å². The quantitative estimate of drug-likeness (QED) is 0.904. The summed E-state index contributed by atoms with van der Waals surface area (Å²) >= 11 is 0. The number of nitrogens with one attached hydrogen (secondary N) is 1. The maximum Gasteiger partial charge on any atom is 0.270 e. The Morgan fingerprint density at radius 1 is 1.26 bits per heavy atom. The summed E-state index contributed by atoms with van der Waals surface area (Å²) in [6.07, 6.45) is 1.58. The number of ether oxygens (including phenoxy) is 2. The van der Waals surface area contributed by atoms with E-state index in [9.17, 15) is 4.79 Å². The topological polar surface area (TPSA) is 76.6 Å². The Morgan fingerprint density at radius 2 is 1.91 bits per heavy atom. The van der Waals surface area contributed by atoms with Crippen molar-refractivity contribution >= 4 is 11.9 Å². The highest BCUT2D eigenvalue weighted by atomic mass is 16.7. The lowest BCUT2D eigenvalue weighted by Crippen LogP contribution is -2.46. The van der Waals surface area contributed by atoms with E-state index in [1.165, 1.54) is 0 Å². The molecule has 7 nitrogen and oxygen atoms in total. The van der Waals surface area contributed by atoms with Crippen LogP contribution in [0.4, 0.5) is 5.95 Å². The molecule has 1 aromatic heterocycles. The van der Waals surface area contributed by atoms with Gasteiger partial charge in [0.25, 0.3) is 5.91 Å². The van der Waals surface area contributed by atoms with E-state index in [4.69, 9.17) is 9.47 Å². The van der Waals surface area contributed by atoms with Gasteiger partial charge in [0.2, 0.25) is 5.95 Å². The van der Waals surface area contributed by atoms with Crippen molar-refractivity contribution in [2.75, 3.05) is 31.2 Å². The molecule has 0 atom stereocenters. The summed E-state index contributed by atoms with van der Waals surface area (Å²) in [5.41, 5.74) is 1.20. The van der Waals surface area contributed by atoms with Gasteiger partial charge < -0.3 is 19.7 Å². The molecule has 1 spiro atoms. The Labute approximate surface area is 136 Å². The van der Waals surface area contributed by atoms with Gasteiger partial charge in [-0.3, -0.25) is 4.79 Å². The highest BCUT2D eigenvalue weighted by molar-refractivity contribution is 5.92. The lowest BCUT2D eigenvalue weighted by molar-refractivity contribution is -0.169. The fourth-order valence-corrected chi connectivity index (χ4v) is 2.98. The summed E-state index contributed by atoms with van der Waals surface area (Å²) in [6.45, 7) is 8.59. The van der Waals surface area contributed by atoms with Crippen LogP contribution in [0.5, 0.6) is 0 Å². The molecular weight excluding hydrogens is 296 g/mol. The third-order valence-corrected chi connectivity index (χ3v) is 4.12. The Morgan fingerprint density at radius 3 is 2.52 bits per heavy atom. The second kappa shape index (κ2) is 6.41. The van der Waals surface area contributed by atoms with Gasteiger partial charge in [-0.2, -0.15) is 0 Å². The van der Waals surface area contributed by atoms with Crippen molar-refractivity contribution in [2.45, 2.75) is 45.4 Å². The van der Waals surface area contributed by atoms with Crippen LogP contribution in [0.2, 0.25) is 0 Å². The van der Waals surface area contributed by atoms with Crippen LogP contribution in [0.15, 0.2) is 6.07 Å². The molecule has 2 fully saturated rings. The zero-order valence-corrected chi connectivity index (χ0v) is 14.0. The van der Waals surface area contributed by atoms with Crippen LogP contribution in [0.3, 0.4) is 0 Å². The Kier molecular flexibility index (Phi) is 4.50. The van der Waals surface area contributed by atoms with Crippen molar-refractivity contribution in [1.29, 1.82) is 0 Å². The number of rotatable bonds is 3. The van der Waals surface area contributed by atoms with E-state index in [2.05, 4.69) is 20.2 Å². The Hall–Kier alpha value is -1.73. The first-order chi connectivity index (χ1) is 11.0. The van der Waals surface area contributed by atoms with Gasteiger partial charge in [-0.25, -0.2) is 9.97 Å². The maximum atomic E-state index is 12.2. The fraction of sp³-hybridized carbons (Fsp3) is 0.688. The molecule has 0 aliphatic carbocycles. The third kappa shape index (κ3) is 3.61. The van der Waals surface area contributed by atoms with Gasteiger partial charge in [-0.1, -0.05) is 0 Å². The average molecular weight is 320 g/mol. The molecular formula is C16H24N4O3. The van der Waals surface area contributed by atoms with Crippen LogP contribution in [-0.2, 0) is 9.47 Å². The van der Waals surface area contributed by atoms with E-state index >= 15 is 0 Å². The minimum absolute atomic E-state index is 0.0766. The average Bonchev–Trinajstić information content (AvgIpc) is 2.95. The molecule has 0 bridgehead atoms. The van der Waals surface area contributed by atoms with Gasteiger partial charge in [-0.05, 0) is 26.8 Å². The molecule has 1 amide bonds. The van der Waals surface area contributed by atoms with E-state index in [1.807, 2.05) is 20.8 Å². The van der Waals surface area contributed by atoms with Gasteiger partial charge in [0.05, 0.1) is 13.2 Å². The molecule has 126 valence electrons. The predicted molar refractivity (Wildman–Crippen MR) is 85.5 cm³/mol. The first-order valence-electron chi connectivity index (χ1n) is 8.17. The molecule has 3 rings (SSSR count). The van der Waals surface area contributed by atoms with Crippen molar-refractivity contribution in [3.05, 3.63) is 17.5 Å². The van der Waals surface area contributed by atoms with Crippen LogP contribution >= 0.6 is 0 Å². The van der Waals surface area contributed by atoms with Gasteiger partial charge in [0, 0.05) is 37.7 Å². The van der Waals surface area contributed by atoms with Crippen LogP contribution in [0.1, 0.15) is 42.9 Å². The van der Waals surface area contributed by atoms with E-state index < -0.39 is 5.79 Å². The molecule has 23 heavy (non-hydrogen) atoms. The molecule has 3 heterocycles. The second-order valence-electron chi connectivity index (χ2n) is 6.42. The molecule has 2 saturated heterocycles. The smallest absolute Gasteiger partial charge is 0.270 e. The van der Waals surface area contributed by atoms with E-state index in [0.717, 1.165) is 31.6 Å². The molecule has 0 saturated carbocycles. The van der Waals surface area contributed by atoms with Gasteiger partial charge in [-0.15, -0.1) is 0 Å². The summed E-state index contributed by atoms with van der Waals surface area (Å²) in [5.74, 6) is 0.0208. The first-order valence-corrected chi connectivity index (χ1v) is 8.17. The molecule has 0 unspecified atom stereocenters. The summed E-state index contributed by atoms with van der Waals surface area (Å²) in [5, 5.41) is 2.87. The minimum Gasteiger partial charge on any atom is -0.349 e. The monoisotopic (exact) mass is 320 g/mol. The fourth-order valence-electron chi connectivity index (χ4n) is 2.98. The number of aromatic nitrogens is 2. The van der Waals surface area contributed by atoms with E-state index in [0.29, 0.717) is 24.9 Å². The van der Waals surface area contributed by atoms with Crippen molar-refractivity contribution < 1.29 is 14.3 Å². The number of hydrogen-bond donors (Lipinski definition) is 1. The third-order valence-electron chi connectivity index (χ3n) is 4.12. The molecule has 1 N–H and O–H groups in total. The van der Waals surface area contributed by atoms with Gasteiger partial charge in [0.1, 0.15) is 5.69 Å². The molecule has 1 aromatic rings. The molecule has 2 aliphatic rings. The standard InChI is InChI=1S/C16H24N4O3/c1-11(2)17-14(21)13-10-12(3)18-15(19-13)20-6-4-16(5-7-20)22-8-9-23-16/h10-11H,4-9H2,1-3H3,(H,17,21). The van der Waals surface area contributed by atoms with Crippen LogP contribution in [0.25, 0.3) is 0 Å².